The van der Waals surface area contributed by atoms with Crippen molar-refractivity contribution in [3.8, 4) is 11.5 Å². The Balaban J connectivity index is 2.07. The van der Waals surface area contributed by atoms with Gasteiger partial charge in [-0.05, 0) is 12.0 Å². The van der Waals surface area contributed by atoms with Gasteiger partial charge in [-0.25, -0.2) is 4.79 Å². The maximum absolute atomic E-state index is 12.6. The Morgan fingerprint density at radius 2 is 1.50 bits per heavy atom. The third kappa shape index (κ3) is 2.74. The van der Waals surface area contributed by atoms with Gasteiger partial charge >= 0.3 is 6.09 Å². The van der Waals surface area contributed by atoms with Crippen LogP contribution in [0.4, 0.5) is 4.79 Å². The Hall–Kier alpha value is -3.21. The molecule has 144 valence electrons. The Bertz CT molecular complexity index is 1020. The van der Waals surface area contributed by atoms with Gasteiger partial charge in [0.15, 0.2) is 0 Å². The largest absolute Gasteiger partial charge is 0.496 e. The number of nitrogens with zero attached hydrogens (tertiary/aromatic N) is 1. The summed E-state index contributed by atoms with van der Waals surface area (Å²) >= 11 is 0. The summed E-state index contributed by atoms with van der Waals surface area (Å²) in [6.07, 6.45) is 0.312. The average molecular weight is 377 g/mol. The summed E-state index contributed by atoms with van der Waals surface area (Å²) in [5, 5.41) is 1.98. The third-order valence-electron chi connectivity index (χ3n) is 5.38. The monoisotopic (exact) mass is 377 g/mol. The average Bonchev–Trinajstić information content (AvgIpc) is 2.76. The molecule has 5 heteroatoms. The standard InChI is InChI=1S/C23H23NO4/c1-26-21-16-11-7-8-12-17(16)22(27-2)19-18(21)13-14-24(23(25)28-3)20(19)15-9-5-4-6-10-15/h4-12,20H,13-14H2,1-3H3. The van der Waals surface area contributed by atoms with Crippen LogP contribution in [0.5, 0.6) is 11.5 Å². The predicted molar refractivity (Wildman–Crippen MR) is 108 cm³/mol. The van der Waals surface area contributed by atoms with E-state index in [0.29, 0.717) is 13.0 Å². The topological polar surface area (TPSA) is 48.0 Å². The van der Waals surface area contributed by atoms with Gasteiger partial charge in [-0.15, -0.1) is 0 Å². The lowest BCUT2D eigenvalue weighted by Gasteiger charge is -2.38. The Morgan fingerprint density at radius 1 is 0.893 bits per heavy atom. The molecule has 1 atom stereocenters. The van der Waals surface area contributed by atoms with E-state index in [0.717, 1.165) is 39.0 Å². The van der Waals surface area contributed by atoms with E-state index in [-0.39, 0.29) is 12.1 Å². The number of ether oxygens (including phenoxy) is 3. The Morgan fingerprint density at radius 3 is 2.11 bits per heavy atom. The molecule has 3 aromatic rings. The molecule has 0 saturated heterocycles. The molecule has 0 spiro atoms. The second-order valence-corrected chi connectivity index (χ2v) is 6.73. The van der Waals surface area contributed by atoms with Crippen LogP contribution in [0, 0.1) is 0 Å². The summed E-state index contributed by atoms with van der Waals surface area (Å²) in [5.41, 5.74) is 3.04. The lowest BCUT2D eigenvalue weighted by atomic mass is 9.84. The van der Waals surface area contributed by atoms with Gasteiger partial charge in [0.2, 0.25) is 0 Å². The minimum Gasteiger partial charge on any atom is -0.496 e. The molecule has 1 amide bonds. The van der Waals surface area contributed by atoms with Crippen LogP contribution in [0.3, 0.4) is 0 Å². The Kier molecular flexibility index (Phi) is 4.82. The van der Waals surface area contributed by atoms with E-state index in [2.05, 4.69) is 0 Å². The first-order chi connectivity index (χ1) is 13.7. The zero-order valence-corrected chi connectivity index (χ0v) is 16.3. The van der Waals surface area contributed by atoms with E-state index in [4.69, 9.17) is 14.2 Å². The quantitative estimate of drug-likeness (QED) is 0.671. The summed E-state index contributed by atoms with van der Waals surface area (Å²) < 4.78 is 16.8. The predicted octanol–water partition coefficient (Wildman–Crippen LogP) is 4.57. The van der Waals surface area contributed by atoms with Crippen LogP contribution in [0.15, 0.2) is 54.6 Å². The van der Waals surface area contributed by atoms with Crippen molar-refractivity contribution >= 4 is 16.9 Å². The van der Waals surface area contributed by atoms with Crippen molar-refractivity contribution in [3.63, 3.8) is 0 Å². The minimum absolute atomic E-state index is 0.314. The fourth-order valence-electron chi connectivity index (χ4n) is 4.25. The highest BCUT2D eigenvalue weighted by Crippen LogP contribution is 2.49. The molecular weight excluding hydrogens is 354 g/mol. The first kappa shape index (κ1) is 18.2. The first-order valence-corrected chi connectivity index (χ1v) is 9.26. The van der Waals surface area contributed by atoms with Crippen molar-refractivity contribution < 1.29 is 19.0 Å². The number of benzene rings is 3. The van der Waals surface area contributed by atoms with Gasteiger partial charge < -0.3 is 14.2 Å². The van der Waals surface area contributed by atoms with Crippen LogP contribution in [-0.4, -0.2) is 38.9 Å². The maximum atomic E-state index is 12.6. The lowest BCUT2D eigenvalue weighted by molar-refractivity contribution is 0.108. The molecule has 1 heterocycles. The highest BCUT2D eigenvalue weighted by molar-refractivity contribution is 5.97. The number of hydrogen-bond donors (Lipinski definition) is 0. The molecule has 0 radical (unpaired) electrons. The van der Waals surface area contributed by atoms with Crippen LogP contribution in [0.2, 0.25) is 0 Å². The number of fused-ring (bicyclic) bond motifs is 2. The smallest absolute Gasteiger partial charge is 0.410 e. The summed E-state index contributed by atoms with van der Waals surface area (Å²) in [7, 11) is 4.78. The zero-order chi connectivity index (χ0) is 19.7. The molecule has 5 nitrogen and oxygen atoms in total. The number of rotatable bonds is 3. The van der Waals surface area contributed by atoms with Crippen molar-refractivity contribution in [1.82, 2.24) is 4.90 Å². The van der Waals surface area contributed by atoms with E-state index in [1.165, 1.54) is 7.11 Å². The molecule has 28 heavy (non-hydrogen) atoms. The highest BCUT2D eigenvalue weighted by Gasteiger charge is 2.37. The Labute approximate surface area is 164 Å². The van der Waals surface area contributed by atoms with Gasteiger partial charge in [0.25, 0.3) is 0 Å². The number of amides is 1. The summed E-state index contributed by atoms with van der Waals surface area (Å²) in [4.78, 5) is 14.4. The number of carbonyl (C=O) groups excluding carboxylic acids is 1. The fraction of sp³-hybridized carbons (Fsp3) is 0.261. The molecule has 0 fully saturated rings. The minimum atomic E-state index is -0.353. The van der Waals surface area contributed by atoms with Crippen molar-refractivity contribution in [2.45, 2.75) is 12.5 Å². The summed E-state index contributed by atoms with van der Waals surface area (Å²) in [6.45, 7) is 0.539. The molecule has 1 aliphatic heterocycles. The van der Waals surface area contributed by atoms with E-state index < -0.39 is 0 Å². The van der Waals surface area contributed by atoms with Crippen molar-refractivity contribution in [2.75, 3.05) is 27.9 Å². The van der Waals surface area contributed by atoms with Gasteiger partial charge in [-0.1, -0.05) is 54.6 Å². The second-order valence-electron chi connectivity index (χ2n) is 6.73. The van der Waals surface area contributed by atoms with Gasteiger partial charge in [0, 0.05) is 28.4 Å². The number of methoxy groups -OCH3 is 3. The first-order valence-electron chi connectivity index (χ1n) is 9.26. The van der Waals surface area contributed by atoms with Crippen molar-refractivity contribution in [1.29, 1.82) is 0 Å². The van der Waals surface area contributed by atoms with Gasteiger partial charge in [-0.2, -0.15) is 0 Å². The molecular formula is C23H23NO4. The van der Waals surface area contributed by atoms with Gasteiger partial charge in [0.05, 0.1) is 27.4 Å². The van der Waals surface area contributed by atoms with E-state index in [9.17, 15) is 4.79 Å². The number of carbonyl (C=O) groups is 1. The molecule has 0 bridgehead atoms. The van der Waals surface area contributed by atoms with E-state index in [1.54, 1.807) is 19.1 Å². The summed E-state index contributed by atoms with van der Waals surface area (Å²) in [5.74, 6) is 1.62. The van der Waals surface area contributed by atoms with Crippen LogP contribution < -0.4 is 9.47 Å². The molecule has 1 aliphatic rings. The molecule has 1 unspecified atom stereocenters. The van der Waals surface area contributed by atoms with Crippen LogP contribution in [0.25, 0.3) is 10.8 Å². The summed E-state index contributed by atoms with van der Waals surface area (Å²) in [6, 6.07) is 17.7. The third-order valence-corrected chi connectivity index (χ3v) is 5.38. The SMILES string of the molecule is COC(=O)N1CCc2c(c(OC)c3ccccc3c2OC)C1c1ccccc1. The van der Waals surface area contributed by atoms with Gasteiger partial charge in [-0.3, -0.25) is 4.90 Å². The fourth-order valence-corrected chi connectivity index (χ4v) is 4.25. The maximum Gasteiger partial charge on any atom is 0.410 e. The van der Waals surface area contributed by atoms with E-state index in [1.807, 2.05) is 54.6 Å². The van der Waals surface area contributed by atoms with E-state index >= 15 is 0 Å². The highest BCUT2D eigenvalue weighted by atomic mass is 16.5. The molecule has 0 aromatic heterocycles. The molecule has 4 rings (SSSR count). The lowest BCUT2D eigenvalue weighted by Crippen LogP contribution is -2.41. The second kappa shape index (κ2) is 7.43. The molecule has 0 saturated carbocycles. The van der Waals surface area contributed by atoms with Gasteiger partial charge in [0.1, 0.15) is 11.5 Å². The zero-order valence-electron chi connectivity index (χ0n) is 16.3. The molecule has 0 N–H and O–H groups in total. The molecule has 0 aliphatic carbocycles. The van der Waals surface area contributed by atoms with Crippen LogP contribution in [-0.2, 0) is 11.2 Å². The van der Waals surface area contributed by atoms with Crippen LogP contribution >= 0.6 is 0 Å². The van der Waals surface area contributed by atoms with Crippen molar-refractivity contribution in [3.05, 3.63) is 71.3 Å². The number of hydrogen-bond acceptors (Lipinski definition) is 4. The molecule has 3 aromatic carbocycles. The normalized spacial score (nSPS) is 15.8. The van der Waals surface area contributed by atoms with Crippen LogP contribution in [0.1, 0.15) is 22.7 Å². The van der Waals surface area contributed by atoms with Crippen molar-refractivity contribution in [2.24, 2.45) is 0 Å².